The third-order valence-electron chi connectivity index (χ3n) is 4.85. The summed E-state index contributed by atoms with van der Waals surface area (Å²) in [4.78, 5) is 19.1. The van der Waals surface area contributed by atoms with E-state index in [4.69, 9.17) is 21.1 Å². The molecule has 0 unspecified atom stereocenters. The van der Waals surface area contributed by atoms with E-state index in [1.807, 2.05) is 41.3 Å². The molecule has 1 heterocycles. The fourth-order valence-electron chi connectivity index (χ4n) is 3.19. The summed E-state index contributed by atoms with van der Waals surface area (Å²) in [5.74, 6) is 1.34. The average molecular weight is 397 g/mol. The Balaban J connectivity index is 1.46. The molecule has 1 aromatic heterocycles. The fourth-order valence-corrected chi connectivity index (χ4v) is 3.40. The molecule has 0 aliphatic heterocycles. The van der Waals surface area contributed by atoms with Crippen molar-refractivity contribution in [2.75, 3.05) is 13.7 Å². The number of rotatable bonds is 7. The summed E-state index contributed by atoms with van der Waals surface area (Å²) in [5, 5.41) is 1.42. The van der Waals surface area contributed by atoms with E-state index in [9.17, 15) is 4.79 Å². The first-order valence-electron chi connectivity index (χ1n) is 9.24. The molecule has 1 saturated carbocycles. The van der Waals surface area contributed by atoms with Crippen molar-refractivity contribution in [1.29, 1.82) is 0 Å². The minimum Gasteiger partial charge on any atom is -0.497 e. The van der Waals surface area contributed by atoms with E-state index in [0.717, 1.165) is 29.5 Å². The van der Waals surface area contributed by atoms with E-state index in [0.29, 0.717) is 28.9 Å². The van der Waals surface area contributed by atoms with Gasteiger partial charge in [0.2, 0.25) is 0 Å². The predicted molar refractivity (Wildman–Crippen MR) is 109 cm³/mol. The van der Waals surface area contributed by atoms with E-state index in [-0.39, 0.29) is 12.5 Å². The van der Waals surface area contributed by atoms with Gasteiger partial charge in [0.05, 0.1) is 12.1 Å². The van der Waals surface area contributed by atoms with Crippen molar-refractivity contribution in [2.45, 2.75) is 25.4 Å². The number of methoxy groups -OCH3 is 1. The second kappa shape index (κ2) is 8.07. The van der Waals surface area contributed by atoms with Crippen LogP contribution in [0.4, 0.5) is 0 Å². The second-order valence-electron chi connectivity index (χ2n) is 6.83. The minimum atomic E-state index is -0.0302. The van der Waals surface area contributed by atoms with Gasteiger partial charge >= 0.3 is 0 Å². The van der Waals surface area contributed by atoms with E-state index < -0.39 is 0 Å². The minimum absolute atomic E-state index is 0.0278. The first kappa shape index (κ1) is 18.6. The smallest absolute Gasteiger partial charge is 0.261 e. The number of aromatic nitrogens is 1. The Kier molecular flexibility index (Phi) is 5.35. The zero-order chi connectivity index (χ0) is 19.5. The van der Waals surface area contributed by atoms with Gasteiger partial charge in [-0.1, -0.05) is 23.7 Å². The maximum absolute atomic E-state index is 12.9. The Hall–Kier alpha value is -2.79. The van der Waals surface area contributed by atoms with Gasteiger partial charge < -0.3 is 14.4 Å². The van der Waals surface area contributed by atoms with Gasteiger partial charge in [-0.3, -0.25) is 9.78 Å². The summed E-state index contributed by atoms with van der Waals surface area (Å²) in [5.41, 5.74) is 1.73. The molecule has 144 valence electrons. The highest BCUT2D eigenvalue weighted by molar-refractivity contribution is 6.35. The highest BCUT2D eigenvalue weighted by Gasteiger charge is 2.32. The summed E-state index contributed by atoms with van der Waals surface area (Å²) < 4.78 is 11.0. The Morgan fingerprint density at radius 2 is 1.96 bits per heavy atom. The number of nitrogens with zero attached hydrogens (tertiary/aromatic N) is 2. The first-order chi connectivity index (χ1) is 13.7. The van der Waals surface area contributed by atoms with Crippen LogP contribution < -0.4 is 9.47 Å². The lowest BCUT2D eigenvalue weighted by Gasteiger charge is -2.23. The fraction of sp³-hybridized carbons (Fsp3) is 0.273. The van der Waals surface area contributed by atoms with E-state index >= 15 is 0 Å². The van der Waals surface area contributed by atoms with Crippen LogP contribution in [0.3, 0.4) is 0 Å². The first-order valence-corrected chi connectivity index (χ1v) is 9.62. The van der Waals surface area contributed by atoms with Crippen molar-refractivity contribution in [2.24, 2.45) is 0 Å². The van der Waals surface area contributed by atoms with Crippen LogP contribution in [0.25, 0.3) is 10.9 Å². The van der Waals surface area contributed by atoms with Crippen LogP contribution in [0.1, 0.15) is 18.4 Å². The number of halogens is 1. The number of pyridine rings is 1. The zero-order valence-electron chi connectivity index (χ0n) is 15.6. The van der Waals surface area contributed by atoms with Crippen molar-refractivity contribution in [1.82, 2.24) is 9.88 Å². The monoisotopic (exact) mass is 396 g/mol. The van der Waals surface area contributed by atoms with Crippen molar-refractivity contribution < 1.29 is 14.3 Å². The molecule has 4 rings (SSSR count). The molecule has 1 amide bonds. The molecule has 6 heteroatoms. The van der Waals surface area contributed by atoms with Crippen molar-refractivity contribution in [3.63, 3.8) is 0 Å². The Morgan fingerprint density at radius 3 is 2.68 bits per heavy atom. The van der Waals surface area contributed by atoms with Crippen LogP contribution in [0.5, 0.6) is 11.5 Å². The lowest BCUT2D eigenvalue weighted by Crippen LogP contribution is -2.36. The van der Waals surface area contributed by atoms with Gasteiger partial charge in [0, 0.05) is 24.2 Å². The number of amides is 1. The van der Waals surface area contributed by atoms with E-state index in [2.05, 4.69) is 4.98 Å². The number of carbonyl (C=O) groups is 1. The van der Waals surface area contributed by atoms with Crippen molar-refractivity contribution in [3.8, 4) is 11.5 Å². The highest BCUT2D eigenvalue weighted by Crippen LogP contribution is 2.31. The molecule has 0 bridgehead atoms. The molecule has 1 fully saturated rings. The maximum Gasteiger partial charge on any atom is 0.261 e. The van der Waals surface area contributed by atoms with Gasteiger partial charge in [-0.15, -0.1) is 0 Å². The van der Waals surface area contributed by atoms with Crippen molar-refractivity contribution >= 4 is 28.4 Å². The van der Waals surface area contributed by atoms with Crippen molar-refractivity contribution in [3.05, 3.63) is 65.3 Å². The summed E-state index contributed by atoms with van der Waals surface area (Å²) in [6, 6.07) is 15.3. The number of ether oxygens (including phenoxy) is 2. The molecule has 0 atom stereocenters. The number of fused-ring (bicyclic) bond motifs is 1. The molecule has 3 aromatic rings. The third-order valence-corrected chi connectivity index (χ3v) is 5.18. The Bertz CT molecular complexity index is 987. The third kappa shape index (κ3) is 4.04. The molecular weight excluding hydrogens is 376 g/mol. The normalized spacial score (nSPS) is 13.4. The number of benzene rings is 2. The maximum atomic E-state index is 12.9. The topological polar surface area (TPSA) is 51.7 Å². The highest BCUT2D eigenvalue weighted by atomic mass is 35.5. The Morgan fingerprint density at radius 1 is 1.18 bits per heavy atom. The van der Waals surface area contributed by atoms with Gasteiger partial charge in [-0.05, 0) is 54.8 Å². The largest absolute Gasteiger partial charge is 0.497 e. The van der Waals surface area contributed by atoms with Crippen LogP contribution in [-0.4, -0.2) is 35.5 Å². The molecule has 1 aliphatic carbocycles. The van der Waals surface area contributed by atoms with Gasteiger partial charge in [0.15, 0.2) is 6.61 Å². The molecular formula is C22H21ClN2O3. The predicted octanol–water partition coefficient (Wildman–Crippen LogP) is 4.47. The molecule has 0 radical (unpaired) electrons. The lowest BCUT2D eigenvalue weighted by atomic mass is 10.2. The van der Waals surface area contributed by atoms with E-state index in [1.165, 1.54) is 0 Å². The Labute approximate surface area is 168 Å². The molecule has 0 N–H and O–H groups in total. The average Bonchev–Trinajstić information content (AvgIpc) is 3.57. The number of carbonyl (C=O) groups excluding carboxylic acids is 1. The van der Waals surface area contributed by atoms with Gasteiger partial charge in [0.1, 0.15) is 17.0 Å². The van der Waals surface area contributed by atoms with Crippen LogP contribution in [0.15, 0.2) is 54.7 Å². The SMILES string of the molecule is COc1ccc(CN(C(=O)COc2ccc(Cl)c3cccnc23)C2CC2)cc1. The molecule has 2 aromatic carbocycles. The van der Waals surface area contributed by atoms with Crippen LogP contribution in [-0.2, 0) is 11.3 Å². The zero-order valence-corrected chi connectivity index (χ0v) is 16.4. The van der Waals surface area contributed by atoms with Crippen LogP contribution >= 0.6 is 11.6 Å². The second-order valence-corrected chi connectivity index (χ2v) is 7.24. The standard InChI is InChI=1S/C22H21ClN2O3/c1-27-17-8-4-15(5-9-17)13-25(16-6-7-16)21(26)14-28-20-11-10-19(23)18-3-2-12-24-22(18)20/h2-5,8-12,16H,6-7,13-14H2,1H3. The summed E-state index contributed by atoms with van der Waals surface area (Å²) >= 11 is 6.22. The summed E-state index contributed by atoms with van der Waals surface area (Å²) in [6.07, 6.45) is 3.76. The number of hydrogen-bond donors (Lipinski definition) is 0. The van der Waals surface area contributed by atoms with Crippen LogP contribution in [0, 0.1) is 0 Å². The van der Waals surface area contributed by atoms with E-state index in [1.54, 1.807) is 25.4 Å². The summed E-state index contributed by atoms with van der Waals surface area (Å²) in [6.45, 7) is 0.538. The summed E-state index contributed by atoms with van der Waals surface area (Å²) in [7, 11) is 1.64. The molecule has 1 aliphatic rings. The van der Waals surface area contributed by atoms with Crippen LogP contribution in [0.2, 0.25) is 5.02 Å². The van der Waals surface area contributed by atoms with Gasteiger partial charge in [-0.2, -0.15) is 0 Å². The molecule has 28 heavy (non-hydrogen) atoms. The number of hydrogen-bond acceptors (Lipinski definition) is 4. The molecule has 0 spiro atoms. The van der Waals surface area contributed by atoms with Gasteiger partial charge in [0.25, 0.3) is 5.91 Å². The lowest BCUT2D eigenvalue weighted by molar-refractivity contribution is -0.134. The van der Waals surface area contributed by atoms with Gasteiger partial charge in [-0.25, -0.2) is 0 Å². The quantitative estimate of drug-likeness (QED) is 0.591. The molecule has 0 saturated heterocycles. The molecule has 5 nitrogen and oxygen atoms in total.